The molecule has 1 aliphatic heterocycles. The fourth-order valence-corrected chi connectivity index (χ4v) is 1.87. The van der Waals surface area contributed by atoms with Crippen molar-refractivity contribution in [1.29, 1.82) is 0 Å². The molecule has 2 rings (SSSR count). The Kier molecular flexibility index (Phi) is 3.16. The molecule has 0 radical (unpaired) electrons. The second-order valence-electron chi connectivity index (χ2n) is 4.04. The number of nitrogens with one attached hydrogen (secondary N) is 1. The van der Waals surface area contributed by atoms with Crippen LogP contribution in [0, 0.1) is 6.92 Å². The van der Waals surface area contributed by atoms with E-state index >= 15 is 0 Å². The molecule has 1 aromatic heterocycles. The average molecular weight is 207 g/mol. The van der Waals surface area contributed by atoms with Crippen molar-refractivity contribution in [3.63, 3.8) is 0 Å². The number of anilines is 1. The Bertz CT molecular complexity index is 329. The number of aromatic nitrogens is 2. The maximum absolute atomic E-state index is 5.50. The van der Waals surface area contributed by atoms with Crippen LogP contribution in [0.1, 0.15) is 25.5 Å². The summed E-state index contributed by atoms with van der Waals surface area (Å²) in [6, 6.07) is 0.462. The lowest BCUT2D eigenvalue weighted by Crippen LogP contribution is -2.33. The van der Waals surface area contributed by atoms with Gasteiger partial charge in [0, 0.05) is 25.0 Å². The van der Waals surface area contributed by atoms with Crippen LogP contribution in [0.15, 0.2) is 12.4 Å². The molecule has 0 saturated carbocycles. The van der Waals surface area contributed by atoms with Gasteiger partial charge in [-0.25, -0.2) is 4.98 Å². The smallest absolute Gasteiger partial charge is 0.147 e. The third-order valence-corrected chi connectivity index (χ3v) is 2.71. The molecule has 82 valence electrons. The molecule has 1 N–H and O–H groups in total. The molecule has 0 aromatic carbocycles. The van der Waals surface area contributed by atoms with Gasteiger partial charge in [0.05, 0.1) is 11.8 Å². The summed E-state index contributed by atoms with van der Waals surface area (Å²) in [5.41, 5.74) is 0.955. The number of aryl methyl sites for hydroxylation is 1. The molecule has 0 spiro atoms. The van der Waals surface area contributed by atoms with Crippen molar-refractivity contribution < 1.29 is 4.74 Å². The molecule has 4 heteroatoms. The molecule has 2 atom stereocenters. The van der Waals surface area contributed by atoms with E-state index in [1.807, 2.05) is 6.92 Å². The van der Waals surface area contributed by atoms with E-state index in [1.165, 1.54) is 0 Å². The van der Waals surface area contributed by atoms with Crippen LogP contribution in [0.4, 0.5) is 5.82 Å². The minimum absolute atomic E-state index is 0.341. The molecule has 1 fully saturated rings. The summed E-state index contributed by atoms with van der Waals surface area (Å²) < 4.78 is 5.50. The van der Waals surface area contributed by atoms with Crippen molar-refractivity contribution in [1.82, 2.24) is 9.97 Å². The predicted octanol–water partition coefficient (Wildman–Crippen LogP) is 1.76. The molecule has 1 aromatic rings. The minimum Gasteiger partial charge on any atom is -0.378 e. The summed E-state index contributed by atoms with van der Waals surface area (Å²) in [4.78, 5) is 8.49. The average Bonchev–Trinajstić information content (AvgIpc) is 2.22. The lowest BCUT2D eigenvalue weighted by molar-refractivity contribution is 0.0231. The zero-order valence-corrected chi connectivity index (χ0v) is 9.23. The van der Waals surface area contributed by atoms with Gasteiger partial charge in [0.1, 0.15) is 5.82 Å². The molecule has 1 saturated heterocycles. The topological polar surface area (TPSA) is 47.0 Å². The Hall–Kier alpha value is -1.16. The number of nitrogens with zero attached hydrogens (tertiary/aromatic N) is 2. The zero-order chi connectivity index (χ0) is 10.7. The Morgan fingerprint density at radius 3 is 2.93 bits per heavy atom. The Labute approximate surface area is 90.1 Å². The van der Waals surface area contributed by atoms with Gasteiger partial charge in [-0.3, -0.25) is 4.98 Å². The molecule has 0 amide bonds. The first-order valence-electron chi connectivity index (χ1n) is 5.41. The normalized spacial score (nSPS) is 26.3. The van der Waals surface area contributed by atoms with Crippen LogP contribution in [0.2, 0.25) is 0 Å². The minimum atomic E-state index is 0.341. The van der Waals surface area contributed by atoms with Gasteiger partial charge in [0.2, 0.25) is 0 Å². The number of hydrogen-bond donors (Lipinski definition) is 1. The van der Waals surface area contributed by atoms with Crippen molar-refractivity contribution in [3.05, 3.63) is 18.1 Å². The lowest BCUT2D eigenvalue weighted by atomic mass is 10.0. The van der Waals surface area contributed by atoms with Gasteiger partial charge in [-0.2, -0.15) is 0 Å². The standard InChI is InChI=1S/C11H17N3O/c1-8-7-10(3-6-15-8)14-11-9(2)12-4-5-13-11/h4-5,8,10H,3,6-7H2,1-2H3,(H,13,14). The van der Waals surface area contributed by atoms with Crippen LogP contribution in [-0.4, -0.2) is 28.7 Å². The summed E-state index contributed by atoms with van der Waals surface area (Å²) in [5, 5.41) is 3.43. The summed E-state index contributed by atoms with van der Waals surface area (Å²) in [7, 11) is 0. The predicted molar refractivity (Wildman–Crippen MR) is 58.8 cm³/mol. The van der Waals surface area contributed by atoms with Crippen LogP contribution in [0.3, 0.4) is 0 Å². The maximum Gasteiger partial charge on any atom is 0.147 e. The van der Waals surface area contributed by atoms with Crippen molar-refractivity contribution >= 4 is 5.82 Å². The molecule has 0 bridgehead atoms. The third kappa shape index (κ3) is 2.65. The fourth-order valence-electron chi connectivity index (χ4n) is 1.87. The van der Waals surface area contributed by atoms with Crippen molar-refractivity contribution in [2.24, 2.45) is 0 Å². The van der Waals surface area contributed by atoms with E-state index in [0.29, 0.717) is 12.1 Å². The van der Waals surface area contributed by atoms with Gasteiger partial charge in [0.15, 0.2) is 0 Å². The third-order valence-electron chi connectivity index (χ3n) is 2.71. The number of rotatable bonds is 2. The van der Waals surface area contributed by atoms with E-state index in [0.717, 1.165) is 31.0 Å². The summed E-state index contributed by atoms with van der Waals surface area (Å²) in [6.45, 7) is 4.91. The van der Waals surface area contributed by atoms with Crippen LogP contribution in [-0.2, 0) is 4.74 Å². The number of ether oxygens (including phenoxy) is 1. The second-order valence-corrected chi connectivity index (χ2v) is 4.04. The summed E-state index contributed by atoms with van der Waals surface area (Å²) in [5.74, 6) is 0.900. The van der Waals surface area contributed by atoms with Crippen LogP contribution in [0.25, 0.3) is 0 Å². The highest BCUT2D eigenvalue weighted by molar-refractivity contribution is 5.39. The van der Waals surface area contributed by atoms with Gasteiger partial charge < -0.3 is 10.1 Å². The van der Waals surface area contributed by atoms with E-state index in [2.05, 4.69) is 22.2 Å². The Balaban J connectivity index is 1.99. The Morgan fingerprint density at radius 2 is 2.20 bits per heavy atom. The molecule has 2 unspecified atom stereocenters. The van der Waals surface area contributed by atoms with Crippen molar-refractivity contribution in [2.75, 3.05) is 11.9 Å². The second kappa shape index (κ2) is 4.57. The van der Waals surface area contributed by atoms with Crippen LogP contribution < -0.4 is 5.32 Å². The van der Waals surface area contributed by atoms with E-state index in [1.54, 1.807) is 12.4 Å². The lowest BCUT2D eigenvalue weighted by Gasteiger charge is -2.28. The summed E-state index contributed by atoms with van der Waals surface area (Å²) in [6.07, 6.45) is 5.86. The van der Waals surface area contributed by atoms with E-state index in [-0.39, 0.29) is 0 Å². The van der Waals surface area contributed by atoms with Crippen LogP contribution >= 0.6 is 0 Å². The van der Waals surface area contributed by atoms with E-state index in [9.17, 15) is 0 Å². The van der Waals surface area contributed by atoms with Gasteiger partial charge in [0.25, 0.3) is 0 Å². The molecule has 1 aliphatic rings. The van der Waals surface area contributed by atoms with Gasteiger partial charge in [-0.05, 0) is 26.7 Å². The molecule has 2 heterocycles. The molecule has 4 nitrogen and oxygen atoms in total. The van der Waals surface area contributed by atoms with E-state index in [4.69, 9.17) is 4.74 Å². The molecular formula is C11H17N3O. The molecule has 0 aliphatic carbocycles. The highest BCUT2D eigenvalue weighted by Crippen LogP contribution is 2.18. The first-order chi connectivity index (χ1) is 7.25. The van der Waals surface area contributed by atoms with Gasteiger partial charge >= 0.3 is 0 Å². The first-order valence-corrected chi connectivity index (χ1v) is 5.41. The number of hydrogen-bond acceptors (Lipinski definition) is 4. The van der Waals surface area contributed by atoms with E-state index < -0.39 is 0 Å². The highest BCUT2D eigenvalue weighted by Gasteiger charge is 2.19. The zero-order valence-electron chi connectivity index (χ0n) is 9.23. The fraction of sp³-hybridized carbons (Fsp3) is 0.636. The van der Waals surface area contributed by atoms with Crippen molar-refractivity contribution in [3.8, 4) is 0 Å². The van der Waals surface area contributed by atoms with Gasteiger partial charge in [-0.15, -0.1) is 0 Å². The molecular weight excluding hydrogens is 190 g/mol. The van der Waals surface area contributed by atoms with Gasteiger partial charge in [-0.1, -0.05) is 0 Å². The first kappa shape index (κ1) is 10.4. The summed E-state index contributed by atoms with van der Waals surface area (Å²) >= 11 is 0. The van der Waals surface area contributed by atoms with Crippen molar-refractivity contribution in [2.45, 2.75) is 38.8 Å². The quantitative estimate of drug-likeness (QED) is 0.802. The highest BCUT2D eigenvalue weighted by atomic mass is 16.5. The SMILES string of the molecule is Cc1nccnc1NC1CCOC(C)C1. The van der Waals surface area contributed by atoms with Crippen LogP contribution in [0.5, 0.6) is 0 Å². The largest absolute Gasteiger partial charge is 0.378 e. The Morgan fingerprint density at radius 1 is 1.40 bits per heavy atom. The monoisotopic (exact) mass is 207 g/mol. The maximum atomic E-state index is 5.50. The molecule has 15 heavy (non-hydrogen) atoms.